The van der Waals surface area contributed by atoms with Gasteiger partial charge in [0.15, 0.2) is 5.96 Å². The van der Waals surface area contributed by atoms with Gasteiger partial charge in [-0.3, -0.25) is 14.7 Å². The first-order valence-corrected chi connectivity index (χ1v) is 10.3. The van der Waals surface area contributed by atoms with Crippen LogP contribution in [0.25, 0.3) is 0 Å². The van der Waals surface area contributed by atoms with Crippen molar-refractivity contribution >= 4 is 17.6 Å². The Hall–Kier alpha value is -3.00. The van der Waals surface area contributed by atoms with Gasteiger partial charge in [0, 0.05) is 27.1 Å². The van der Waals surface area contributed by atoms with Gasteiger partial charge >= 0.3 is 0 Å². The molecule has 1 aromatic carbocycles. The quantitative estimate of drug-likeness (QED) is 0.455. The molecular weight excluding hydrogens is 382 g/mol. The van der Waals surface area contributed by atoms with Gasteiger partial charge in [0.1, 0.15) is 11.5 Å². The van der Waals surface area contributed by atoms with E-state index in [0.717, 1.165) is 24.4 Å². The molecule has 162 valence electrons. The van der Waals surface area contributed by atoms with Crippen LogP contribution in [0.2, 0.25) is 0 Å². The van der Waals surface area contributed by atoms with Crippen LogP contribution in [0.1, 0.15) is 37.1 Å². The summed E-state index contributed by atoms with van der Waals surface area (Å²) in [7, 11) is 3.34. The molecule has 1 aliphatic rings. The minimum Gasteiger partial charge on any atom is -0.495 e. The molecular formula is C22H31N5O3. The fourth-order valence-corrected chi connectivity index (χ4v) is 3.70. The van der Waals surface area contributed by atoms with Crippen molar-refractivity contribution in [3.63, 3.8) is 0 Å². The molecule has 1 saturated heterocycles. The normalized spacial score (nSPS) is 15.6. The summed E-state index contributed by atoms with van der Waals surface area (Å²) in [5, 5.41) is 9.55. The Morgan fingerprint density at radius 2 is 2.07 bits per heavy atom. The molecule has 1 fully saturated rings. The standard InChI is InChI=1S/C22H31N5O3/c1-16(28)26-18-13-17(8-9-20(18)29-3)14-24-22(23-2)25-15-19(21-7-6-12-30-21)27-10-4-5-11-27/h6-9,12-13,19H,4-5,10-11,14-15H2,1-3H3,(H,26,28)(H2,23,24,25). The van der Waals surface area contributed by atoms with Crippen LogP contribution in [0.5, 0.6) is 5.75 Å². The summed E-state index contributed by atoms with van der Waals surface area (Å²) < 4.78 is 11.0. The molecule has 3 rings (SSSR count). The van der Waals surface area contributed by atoms with E-state index in [4.69, 9.17) is 9.15 Å². The van der Waals surface area contributed by atoms with Crippen LogP contribution >= 0.6 is 0 Å². The summed E-state index contributed by atoms with van der Waals surface area (Å²) in [6.45, 7) is 4.90. The molecule has 0 saturated carbocycles. The van der Waals surface area contributed by atoms with Crippen LogP contribution in [-0.2, 0) is 11.3 Å². The predicted octanol–water partition coefficient (Wildman–Crippen LogP) is 2.75. The van der Waals surface area contributed by atoms with Gasteiger partial charge < -0.3 is 25.1 Å². The van der Waals surface area contributed by atoms with Gasteiger partial charge in [-0.15, -0.1) is 0 Å². The second-order valence-corrected chi connectivity index (χ2v) is 7.30. The Morgan fingerprint density at radius 1 is 1.27 bits per heavy atom. The van der Waals surface area contributed by atoms with Crippen molar-refractivity contribution in [2.24, 2.45) is 4.99 Å². The third-order valence-corrected chi connectivity index (χ3v) is 5.17. The number of hydrogen-bond acceptors (Lipinski definition) is 5. The highest BCUT2D eigenvalue weighted by Crippen LogP contribution is 2.26. The number of methoxy groups -OCH3 is 1. The first kappa shape index (κ1) is 21.7. The maximum Gasteiger partial charge on any atom is 0.221 e. The van der Waals surface area contributed by atoms with Gasteiger partial charge in [-0.2, -0.15) is 0 Å². The molecule has 2 heterocycles. The van der Waals surface area contributed by atoms with Crippen molar-refractivity contribution in [2.75, 3.05) is 39.1 Å². The monoisotopic (exact) mass is 413 g/mol. The van der Waals surface area contributed by atoms with Gasteiger partial charge in [0.05, 0.1) is 25.1 Å². The Balaban J connectivity index is 1.59. The Labute approximate surface area is 177 Å². The molecule has 0 radical (unpaired) electrons. The van der Waals surface area contributed by atoms with Gasteiger partial charge in [-0.1, -0.05) is 6.07 Å². The molecule has 1 amide bonds. The summed E-state index contributed by atoms with van der Waals surface area (Å²) >= 11 is 0. The van der Waals surface area contributed by atoms with E-state index in [2.05, 4.69) is 25.8 Å². The maximum absolute atomic E-state index is 11.4. The number of ether oxygens (including phenoxy) is 1. The van der Waals surface area contributed by atoms with Crippen LogP contribution in [0, 0.1) is 0 Å². The van der Waals surface area contributed by atoms with E-state index in [0.29, 0.717) is 30.5 Å². The maximum atomic E-state index is 11.4. The number of carbonyl (C=O) groups is 1. The molecule has 8 nitrogen and oxygen atoms in total. The second-order valence-electron chi connectivity index (χ2n) is 7.30. The number of anilines is 1. The fourth-order valence-electron chi connectivity index (χ4n) is 3.70. The average molecular weight is 414 g/mol. The molecule has 1 aliphatic heterocycles. The van der Waals surface area contributed by atoms with Crippen LogP contribution in [0.4, 0.5) is 5.69 Å². The average Bonchev–Trinajstić information content (AvgIpc) is 3.45. The number of aliphatic imine (C=N–C) groups is 1. The van der Waals surface area contributed by atoms with Crippen LogP contribution in [0.15, 0.2) is 46.0 Å². The third kappa shape index (κ3) is 5.76. The van der Waals surface area contributed by atoms with Crippen LogP contribution < -0.4 is 20.7 Å². The SMILES string of the molecule is CN=C(NCc1ccc(OC)c(NC(C)=O)c1)NCC(c1ccco1)N1CCCC1. The number of rotatable bonds is 8. The van der Waals surface area contributed by atoms with E-state index in [-0.39, 0.29) is 11.9 Å². The van der Waals surface area contributed by atoms with Gasteiger partial charge in [0.25, 0.3) is 0 Å². The van der Waals surface area contributed by atoms with Crippen molar-refractivity contribution in [1.29, 1.82) is 0 Å². The summed E-state index contributed by atoms with van der Waals surface area (Å²) in [5.74, 6) is 2.17. The molecule has 1 aromatic heterocycles. The number of guanidine groups is 1. The fraction of sp³-hybridized carbons (Fsp3) is 0.455. The molecule has 8 heteroatoms. The van der Waals surface area contributed by atoms with Crippen molar-refractivity contribution in [3.05, 3.63) is 47.9 Å². The summed E-state index contributed by atoms with van der Waals surface area (Å²) in [6.07, 6.45) is 4.17. The molecule has 30 heavy (non-hydrogen) atoms. The van der Waals surface area contributed by atoms with Crippen molar-refractivity contribution < 1.29 is 13.9 Å². The lowest BCUT2D eigenvalue weighted by Crippen LogP contribution is -2.42. The molecule has 2 aromatic rings. The van der Waals surface area contributed by atoms with Gasteiger partial charge in [0.2, 0.25) is 5.91 Å². The van der Waals surface area contributed by atoms with Crippen molar-refractivity contribution in [2.45, 2.75) is 32.4 Å². The van der Waals surface area contributed by atoms with Crippen molar-refractivity contribution in [1.82, 2.24) is 15.5 Å². The highest BCUT2D eigenvalue weighted by molar-refractivity contribution is 5.90. The number of hydrogen-bond donors (Lipinski definition) is 3. The number of likely N-dealkylation sites (tertiary alicyclic amines) is 1. The van der Waals surface area contributed by atoms with Crippen LogP contribution in [-0.4, -0.2) is 50.6 Å². The zero-order chi connectivity index (χ0) is 21.3. The van der Waals surface area contributed by atoms with E-state index < -0.39 is 0 Å². The van der Waals surface area contributed by atoms with E-state index in [1.807, 2.05) is 30.3 Å². The number of furan rings is 1. The zero-order valence-electron chi connectivity index (χ0n) is 17.9. The lowest BCUT2D eigenvalue weighted by Gasteiger charge is -2.26. The number of benzene rings is 1. The van der Waals surface area contributed by atoms with E-state index in [1.165, 1.54) is 19.8 Å². The Bertz CT molecular complexity index is 844. The minimum absolute atomic E-state index is 0.137. The second kappa shape index (κ2) is 10.7. The van der Waals surface area contributed by atoms with E-state index in [1.54, 1.807) is 20.4 Å². The first-order valence-electron chi connectivity index (χ1n) is 10.3. The Kier molecular flexibility index (Phi) is 7.73. The largest absolute Gasteiger partial charge is 0.495 e. The molecule has 1 atom stereocenters. The molecule has 0 spiro atoms. The predicted molar refractivity (Wildman–Crippen MR) is 118 cm³/mol. The first-order chi connectivity index (χ1) is 14.6. The van der Waals surface area contributed by atoms with Crippen LogP contribution in [0.3, 0.4) is 0 Å². The van der Waals surface area contributed by atoms with E-state index in [9.17, 15) is 4.79 Å². The number of amides is 1. The summed E-state index contributed by atoms with van der Waals surface area (Å²) in [6, 6.07) is 9.84. The highest BCUT2D eigenvalue weighted by Gasteiger charge is 2.25. The summed E-state index contributed by atoms with van der Waals surface area (Å²) in [5.41, 5.74) is 1.66. The van der Waals surface area contributed by atoms with Gasteiger partial charge in [-0.25, -0.2) is 0 Å². The lowest BCUT2D eigenvalue weighted by molar-refractivity contribution is -0.114. The number of carbonyl (C=O) groups excluding carboxylic acids is 1. The molecule has 0 aliphatic carbocycles. The lowest BCUT2D eigenvalue weighted by atomic mass is 10.1. The molecule has 3 N–H and O–H groups in total. The van der Waals surface area contributed by atoms with Gasteiger partial charge in [-0.05, 0) is 55.8 Å². The summed E-state index contributed by atoms with van der Waals surface area (Å²) in [4.78, 5) is 18.2. The number of nitrogens with zero attached hydrogens (tertiary/aromatic N) is 2. The zero-order valence-corrected chi connectivity index (χ0v) is 17.9. The smallest absolute Gasteiger partial charge is 0.221 e. The molecule has 0 bridgehead atoms. The molecule has 1 unspecified atom stereocenters. The third-order valence-electron chi connectivity index (χ3n) is 5.17. The number of nitrogens with one attached hydrogen (secondary N) is 3. The topological polar surface area (TPSA) is 91.1 Å². The van der Waals surface area contributed by atoms with Crippen molar-refractivity contribution in [3.8, 4) is 5.75 Å². The minimum atomic E-state index is -0.137. The highest BCUT2D eigenvalue weighted by atomic mass is 16.5. The van der Waals surface area contributed by atoms with E-state index >= 15 is 0 Å². The Morgan fingerprint density at radius 3 is 2.70 bits per heavy atom.